The number of hydrogen-bond acceptors (Lipinski definition) is 2. The maximum atomic E-state index is 10.7. The van der Waals surface area contributed by atoms with Crippen LogP contribution in [0.25, 0.3) is 0 Å². The molecule has 1 unspecified atom stereocenters. The summed E-state index contributed by atoms with van der Waals surface area (Å²) < 4.78 is 5.96. The first kappa shape index (κ1) is 14.0. The Kier molecular flexibility index (Phi) is 4.07. The van der Waals surface area contributed by atoms with E-state index in [1.165, 1.54) is 19.3 Å². The molecule has 0 aromatic carbocycles. The standard InChI is InChI=1S/C14H28O2/c1-6-7-8-9-10-14(15)11-12(2,3)16-13(14,4)5/h15H,6-11H2,1-5H3. The van der Waals surface area contributed by atoms with Crippen LogP contribution in [-0.4, -0.2) is 21.9 Å². The van der Waals surface area contributed by atoms with Crippen molar-refractivity contribution in [1.82, 2.24) is 0 Å². The van der Waals surface area contributed by atoms with Crippen molar-refractivity contribution < 1.29 is 9.84 Å². The summed E-state index contributed by atoms with van der Waals surface area (Å²) in [5, 5.41) is 10.7. The van der Waals surface area contributed by atoms with Gasteiger partial charge in [0.2, 0.25) is 0 Å². The zero-order valence-electron chi connectivity index (χ0n) is 11.6. The molecule has 0 bridgehead atoms. The molecule has 2 heteroatoms. The molecule has 1 saturated heterocycles. The maximum absolute atomic E-state index is 10.7. The predicted molar refractivity (Wildman–Crippen MR) is 67.6 cm³/mol. The fourth-order valence-electron chi connectivity index (χ4n) is 2.97. The highest BCUT2D eigenvalue weighted by Gasteiger charge is 2.55. The molecule has 0 amide bonds. The van der Waals surface area contributed by atoms with E-state index in [-0.39, 0.29) is 5.60 Å². The van der Waals surface area contributed by atoms with Crippen LogP contribution in [0, 0.1) is 0 Å². The van der Waals surface area contributed by atoms with Crippen LogP contribution in [0.5, 0.6) is 0 Å². The normalized spacial score (nSPS) is 31.9. The second-order valence-corrected chi connectivity index (χ2v) is 6.39. The van der Waals surface area contributed by atoms with E-state index in [0.717, 1.165) is 19.3 Å². The van der Waals surface area contributed by atoms with E-state index in [0.29, 0.717) is 0 Å². The predicted octanol–water partition coefficient (Wildman–Crippen LogP) is 3.67. The Morgan fingerprint density at radius 3 is 2.12 bits per heavy atom. The molecule has 0 aromatic heterocycles. The summed E-state index contributed by atoms with van der Waals surface area (Å²) >= 11 is 0. The van der Waals surface area contributed by atoms with Gasteiger partial charge < -0.3 is 9.84 Å². The average molecular weight is 228 g/mol. The first-order valence-electron chi connectivity index (χ1n) is 6.65. The van der Waals surface area contributed by atoms with Crippen LogP contribution in [0.3, 0.4) is 0 Å². The van der Waals surface area contributed by atoms with Gasteiger partial charge in [-0.2, -0.15) is 0 Å². The van der Waals surface area contributed by atoms with E-state index in [1.807, 2.05) is 13.8 Å². The smallest absolute Gasteiger partial charge is 0.0958 e. The van der Waals surface area contributed by atoms with Crippen LogP contribution in [0.4, 0.5) is 0 Å². The van der Waals surface area contributed by atoms with Gasteiger partial charge in [0.25, 0.3) is 0 Å². The van der Waals surface area contributed by atoms with Gasteiger partial charge in [-0.1, -0.05) is 32.6 Å². The van der Waals surface area contributed by atoms with Crippen molar-refractivity contribution in [1.29, 1.82) is 0 Å². The van der Waals surface area contributed by atoms with Crippen LogP contribution in [0.1, 0.15) is 73.1 Å². The molecule has 1 rings (SSSR count). The van der Waals surface area contributed by atoms with Crippen LogP contribution in [0.15, 0.2) is 0 Å². The minimum atomic E-state index is -0.649. The monoisotopic (exact) mass is 228 g/mol. The molecule has 1 aliphatic rings. The molecule has 1 N–H and O–H groups in total. The van der Waals surface area contributed by atoms with Crippen LogP contribution < -0.4 is 0 Å². The van der Waals surface area contributed by atoms with Crippen molar-refractivity contribution in [3.63, 3.8) is 0 Å². The molecule has 1 aliphatic heterocycles. The van der Waals surface area contributed by atoms with Crippen molar-refractivity contribution in [3.8, 4) is 0 Å². The molecule has 0 aliphatic carbocycles. The number of unbranched alkanes of at least 4 members (excludes halogenated alkanes) is 3. The summed E-state index contributed by atoms with van der Waals surface area (Å²) in [5.41, 5.74) is -1.25. The summed E-state index contributed by atoms with van der Waals surface area (Å²) in [6.07, 6.45) is 6.44. The number of rotatable bonds is 5. The number of aliphatic hydroxyl groups is 1. The minimum Gasteiger partial charge on any atom is -0.387 e. The molecule has 1 heterocycles. The summed E-state index contributed by atoms with van der Waals surface area (Å²) in [4.78, 5) is 0. The van der Waals surface area contributed by atoms with E-state index >= 15 is 0 Å². The third-order valence-corrected chi connectivity index (χ3v) is 3.81. The minimum absolute atomic E-state index is 0.191. The van der Waals surface area contributed by atoms with Gasteiger partial charge in [-0.3, -0.25) is 0 Å². The zero-order chi connectivity index (χ0) is 12.4. The Hall–Kier alpha value is -0.0800. The molecule has 0 spiro atoms. The highest BCUT2D eigenvalue weighted by molar-refractivity contribution is 5.05. The Morgan fingerprint density at radius 2 is 1.69 bits per heavy atom. The molecule has 1 atom stereocenters. The Labute approximate surface area is 100 Å². The molecule has 1 fully saturated rings. The van der Waals surface area contributed by atoms with Crippen LogP contribution >= 0.6 is 0 Å². The van der Waals surface area contributed by atoms with Crippen LogP contribution in [-0.2, 0) is 4.74 Å². The van der Waals surface area contributed by atoms with Gasteiger partial charge in [0.05, 0.1) is 16.8 Å². The molecule has 16 heavy (non-hydrogen) atoms. The van der Waals surface area contributed by atoms with Gasteiger partial charge in [0.1, 0.15) is 0 Å². The lowest BCUT2D eigenvalue weighted by molar-refractivity contribution is -0.129. The molecule has 2 nitrogen and oxygen atoms in total. The maximum Gasteiger partial charge on any atom is 0.0958 e. The van der Waals surface area contributed by atoms with E-state index < -0.39 is 11.2 Å². The Balaban J connectivity index is 2.55. The number of hydrogen-bond donors (Lipinski definition) is 1. The fraction of sp³-hybridized carbons (Fsp3) is 1.00. The highest BCUT2D eigenvalue weighted by atomic mass is 16.5. The van der Waals surface area contributed by atoms with E-state index in [9.17, 15) is 5.11 Å². The molecule has 96 valence electrons. The second kappa shape index (κ2) is 4.66. The van der Waals surface area contributed by atoms with Gasteiger partial charge in [0.15, 0.2) is 0 Å². The van der Waals surface area contributed by atoms with Gasteiger partial charge in [-0.05, 0) is 34.1 Å². The van der Waals surface area contributed by atoms with Crippen molar-refractivity contribution in [2.75, 3.05) is 0 Å². The molecular formula is C14H28O2. The third kappa shape index (κ3) is 2.98. The highest BCUT2D eigenvalue weighted by Crippen LogP contribution is 2.47. The molecular weight excluding hydrogens is 200 g/mol. The third-order valence-electron chi connectivity index (χ3n) is 3.81. The topological polar surface area (TPSA) is 29.5 Å². The lowest BCUT2D eigenvalue weighted by Gasteiger charge is -2.35. The van der Waals surface area contributed by atoms with Gasteiger partial charge in [-0.15, -0.1) is 0 Å². The Morgan fingerprint density at radius 1 is 1.06 bits per heavy atom. The lowest BCUT2D eigenvalue weighted by atomic mass is 9.79. The SMILES string of the molecule is CCCCCCC1(O)CC(C)(C)OC1(C)C. The van der Waals surface area contributed by atoms with Crippen molar-refractivity contribution >= 4 is 0 Å². The quantitative estimate of drug-likeness (QED) is 0.728. The largest absolute Gasteiger partial charge is 0.387 e. The zero-order valence-corrected chi connectivity index (χ0v) is 11.6. The summed E-state index contributed by atoms with van der Waals surface area (Å²) in [6, 6.07) is 0. The lowest BCUT2D eigenvalue weighted by Crippen LogP contribution is -2.46. The first-order valence-corrected chi connectivity index (χ1v) is 6.65. The van der Waals surface area contributed by atoms with Crippen molar-refractivity contribution in [2.24, 2.45) is 0 Å². The van der Waals surface area contributed by atoms with Gasteiger partial charge in [-0.25, -0.2) is 0 Å². The van der Waals surface area contributed by atoms with Crippen molar-refractivity contribution in [3.05, 3.63) is 0 Å². The second-order valence-electron chi connectivity index (χ2n) is 6.39. The molecule has 0 aromatic rings. The first-order chi connectivity index (χ1) is 7.22. The Bertz CT molecular complexity index is 233. The molecule has 0 radical (unpaired) electrons. The summed E-state index contributed by atoms with van der Waals surface area (Å²) in [7, 11) is 0. The van der Waals surface area contributed by atoms with E-state index in [4.69, 9.17) is 4.74 Å². The number of ether oxygens (including phenoxy) is 1. The van der Waals surface area contributed by atoms with Gasteiger partial charge >= 0.3 is 0 Å². The fourth-order valence-corrected chi connectivity index (χ4v) is 2.97. The van der Waals surface area contributed by atoms with Crippen LogP contribution in [0.2, 0.25) is 0 Å². The van der Waals surface area contributed by atoms with Crippen molar-refractivity contribution in [2.45, 2.75) is 89.9 Å². The van der Waals surface area contributed by atoms with E-state index in [1.54, 1.807) is 0 Å². The van der Waals surface area contributed by atoms with E-state index in [2.05, 4.69) is 20.8 Å². The van der Waals surface area contributed by atoms with Gasteiger partial charge in [0, 0.05) is 6.42 Å². The average Bonchev–Trinajstić information content (AvgIpc) is 2.25. The molecule has 0 saturated carbocycles. The summed E-state index contributed by atoms with van der Waals surface area (Å²) in [5.74, 6) is 0. The summed E-state index contributed by atoms with van der Waals surface area (Å²) in [6.45, 7) is 10.4.